The summed E-state index contributed by atoms with van der Waals surface area (Å²) in [7, 11) is 0. The number of hydrogen-bond acceptors (Lipinski definition) is 3. The Labute approximate surface area is 194 Å². The molecule has 6 nitrogen and oxygen atoms in total. The Bertz CT molecular complexity index is 734. The fourth-order valence-electron chi connectivity index (χ4n) is 3.93. The van der Waals surface area contributed by atoms with Crippen molar-refractivity contribution in [2.24, 2.45) is 4.99 Å². The summed E-state index contributed by atoms with van der Waals surface area (Å²) in [5.41, 5.74) is 0.240. The Morgan fingerprint density at radius 1 is 1.10 bits per heavy atom. The summed E-state index contributed by atoms with van der Waals surface area (Å²) in [6.07, 6.45) is 2.20. The molecule has 1 amide bonds. The van der Waals surface area contributed by atoms with Gasteiger partial charge in [0.2, 0.25) is 5.91 Å². The Morgan fingerprint density at radius 2 is 1.77 bits per heavy atom. The van der Waals surface area contributed by atoms with E-state index in [1.165, 1.54) is 6.07 Å². The minimum Gasteiger partial charge on any atom is -0.357 e. The minimum absolute atomic E-state index is 0. The number of piperazine rings is 1. The van der Waals surface area contributed by atoms with Gasteiger partial charge in [0.15, 0.2) is 5.96 Å². The highest BCUT2D eigenvalue weighted by molar-refractivity contribution is 14.0. The van der Waals surface area contributed by atoms with Gasteiger partial charge in [-0.3, -0.25) is 9.69 Å². The van der Waals surface area contributed by atoms with Gasteiger partial charge in [-0.25, -0.2) is 13.8 Å². The molecule has 1 atom stereocenters. The first-order valence-electron chi connectivity index (χ1n) is 10.5. The van der Waals surface area contributed by atoms with Crippen molar-refractivity contribution in [3.05, 3.63) is 35.4 Å². The van der Waals surface area contributed by atoms with Gasteiger partial charge in [0, 0.05) is 51.4 Å². The second kappa shape index (κ2) is 11.8. The second-order valence-corrected chi connectivity index (χ2v) is 7.64. The summed E-state index contributed by atoms with van der Waals surface area (Å²) in [6, 6.07) is 3.31. The average Bonchev–Trinajstić information content (AvgIpc) is 3.27. The van der Waals surface area contributed by atoms with Crippen LogP contribution in [0.5, 0.6) is 0 Å². The molecule has 0 aliphatic carbocycles. The van der Waals surface area contributed by atoms with Crippen LogP contribution in [0.3, 0.4) is 0 Å². The summed E-state index contributed by atoms with van der Waals surface area (Å²) in [5, 5.41) is 3.23. The molecule has 2 fully saturated rings. The number of carbonyl (C=O) groups excluding carboxylic acids is 1. The third-order valence-electron chi connectivity index (χ3n) is 5.68. The second-order valence-electron chi connectivity index (χ2n) is 7.64. The molecule has 1 unspecified atom stereocenters. The molecule has 0 bridgehead atoms. The van der Waals surface area contributed by atoms with Gasteiger partial charge in [0.05, 0.1) is 12.6 Å². The lowest BCUT2D eigenvalue weighted by molar-refractivity contribution is -0.135. The number of amides is 1. The Morgan fingerprint density at radius 3 is 2.40 bits per heavy atom. The highest BCUT2D eigenvalue weighted by Gasteiger charge is 2.30. The molecule has 2 heterocycles. The largest absolute Gasteiger partial charge is 0.357 e. The van der Waals surface area contributed by atoms with Crippen molar-refractivity contribution in [3.63, 3.8) is 0 Å². The van der Waals surface area contributed by atoms with Crippen LogP contribution in [0.1, 0.15) is 32.3 Å². The van der Waals surface area contributed by atoms with Crippen molar-refractivity contribution in [3.8, 4) is 0 Å². The first-order valence-corrected chi connectivity index (χ1v) is 10.5. The van der Waals surface area contributed by atoms with E-state index in [0.29, 0.717) is 12.5 Å². The fourth-order valence-corrected chi connectivity index (χ4v) is 3.93. The molecule has 0 spiro atoms. The van der Waals surface area contributed by atoms with Crippen LogP contribution in [0.2, 0.25) is 0 Å². The number of aliphatic imine (C=N–C) groups is 1. The highest BCUT2D eigenvalue weighted by atomic mass is 127. The predicted octanol–water partition coefficient (Wildman–Crippen LogP) is 2.68. The molecule has 168 valence electrons. The number of nitrogens with zero attached hydrogens (tertiary/aromatic N) is 4. The summed E-state index contributed by atoms with van der Waals surface area (Å²) in [6.45, 7) is 9.47. The van der Waals surface area contributed by atoms with Crippen molar-refractivity contribution in [2.75, 3.05) is 45.8 Å². The van der Waals surface area contributed by atoms with Gasteiger partial charge < -0.3 is 15.1 Å². The number of nitrogens with one attached hydrogen (secondary N) is 1. The van der Waals surface area contributed by atoms with E-state index in [1.54, 1.807) is 0 Å². The quantitative estimate of drug-likeness (QED) is 0.358. The monoisotopic (exact) mass is 535 g/mol. The van der Waals surface area contributed by atoms with Crippen LogP contribution >= 0.6 is 24.0 Å². The Kier molecular flexibility index (Phi) is 9.73. The van der Waals surface area contributed by atoms with Gasteiger partial charge in [-0.1, -0.05) is 0 Å². The van der Waals surface area contributed by atoms with E-state index in [1.807, 2.05) is 18.7 Å². The number of carbonyl (C=O) groups is 1. The maximum atomic E-state index is 13.9. The van der Waals surface area contributed by atoms with Gasteiger partial charge in [0.1, 0.15) is 11.6 Å². The normalized spacial score (nSPS) is 18.9. The summed E-state index contributed by atoms with van der Waals surface area (Å²) < 4.78 is 27.3. The van der Waals surface area contributed by atoms with Crippen LogP contribution in [0.25, 0.3) is 0 Å². The lowest BCUT2D eigenvalue weighted by Gasteiger charge is -2.39. The molecule has 2 aliphatic heterocycles. The van der Waals surface area contributed by atoms with Gasteiger partial charge in [-0.15, -0.1) is 24.0 Å². The van der Waals surface area contributed by atoms with Crippen molar-refractivity contribution in [1.29, 1.82) is 0 Å². The van der Waals surface area contributed by atoms with Crippen molar-refractivity contribution in [2.45, 2.75) is 39.3 Å². The van der Waals surface area contributed by atoms with E-state index in [-0.39, 0.29) is 48.0 Å². The van der Waals surface area contributed by atoms with E-state index in [2.05, 4.69) is 20.1 Å². The number of halogens is 3. The third kappa shape index (κ3) is 6.26. The molecule has 3 rings (SSSR count). The molecular weight excluding hydrogens is 503 g/mol. The maximum absolute atomic E-state index is 13.9. The van der Waals surface area contributed by atoms with E-state index >= 15 is 0 Å². The van der Waals surface area contributed by atoms with Crippen LogP contribution in [-0.2, 0) is 11.3 Å². The van der Waals surface area contributed by atoms with Crippen LogP contribution < -0.4 is 5.32 Å². The van der Waals surface area contributed by atoms with Crippen molar-refractivity contribution in [1.82, 2.24) is 20.0 Å². The van der Waals surface area contributed by atoms with Crippen LogP contribution in [0.4, 0.5) is 8.78 Å². The van der Waals surface area contributed by atoms with E-state index in [0.717, 1.165) is 64.2 Å². The number of benzene rings is 1. The molecule has 9 heteroatoms. The molecule has 2 aliphatic rings. The predicted molar refractivity (Wildman–Crippen MR) is 125 cm³/mol. The SMILES string of the molecule is CCNC(=NCc1cc(F)ccc1F)N1CCN(C(C)C(=O)N2CCCC2)CC1.I. The molecule has 1 aromatic rings. The average molecular weight is 535 g/mol. The number of rotatable bonds is 5. The topological polar surface area (TPSA) is 51.2 Å². The van der Waals surface area contributed by atoms with Gasteiger partial charge in [0.25, 0.3) is 0 Å². The van der Waals surface area contributed by atoms with E-state index in [4.69, 9.17) is 0 Å². The van der Waals surface area contributed by atoms with Gasteiger partial charge in [-0.2, -0.15) is 0 Å². The lowest BCUT2D eigenvalue weighted by Crippen LogP contribution is -2.57. The Balaban J connectivity index is 0.00000320. The summed E-state index contributed by atoms with van der Waals surface area (Å²) in [5.74, 6) is -0.00984. The molecule has 30 heavy (non-hydrogen) atoms. The lowest BCUT2D eigenvalue weighted by atomic mass is 10.2. The molecule has 0 aromatic heterocycles. The summed E-state index contributed by atoms with van der Waals surface area (Å²) in [4.78, 5) is 23.5. The minimum atomic E-state index is -0.466. The Hall–Kier alpha value is -1.49. The van der Waals surface area contributed by atoms with Crippen molar-refractivity contribution >= 4 is 35.8 Å². The molecule has 0 radical (unpaired) electrons. The molecule has 2 saturated heterocycles. The number of likely N-dealkylation sites (tertiary alicyclic amines) is 1. The number of guanidine groups is 1. The zero-order valence-electron chi connectivity index (χ0n) is 17.7. The molecule has 1 N–H and O–H groups in total. The van der Waals surface area contributed by atoms with E-state index < -0.39 is 11.6 Å². The van der Waals surface area contributed by atoms with Crippen LogP contribution in [-0.4, -0.2) is 78.4 Å². The highest BCUT2D eigenvalue weighted by Crippen LogP contribution is 2.15. The van der Waals surface area contributed by atoms with Crippen molar-refractivity contribution < 1.29 is 13.6 Å². The maximum Gasteiger partial charge on any atom is 0.239 e. The fraction of sp³-hybridized carbons (Fsp3) is 0.619. The first-order chi connectivity index (χ1) is 14.0. The third-order valence-corrected chi connectivity index (χ3v) is 5.68. The molecule has 1 aromatic carbocycles. The van der Waals surface area contributed by atoms with Crippen LogP contribution in [0.15, 0.2) is 23.2 Å². The molecular formula is C21H32F2IN5O. The smallest absolute Gasteiger partial charge is 0.239 e. The standard InChI is InChI=1S/C21H31F2N5O.HI/c1-3-24-21(25-15-17-14-18(22)6-7-19(17)23)28-12-10-26(11-13-28)16(2)20(29)27-8-4-5-9-27;/h6-7,14,16H,3-5,8-13,15H2,1-2H3,(H,24,25);1H. The van der Waals surface area contributed by atoms with Gasteiger partial charge >= 0.3 is 0 Å². The summed E-state index contributed by atoms with van der Waals surface area (Å²) >= 11 is 0. The number of hydrogen-bond donors (Lipinski definition) is 1. The first kappa shape index (κ1) is 24.8. The van der Waals surface area contributed by atoms with Gasteiger partial charge in [-0.05, 0) is 44.9 Å². The zero-order valence-corrected chi connectivity index (χ0v) is 20.1. The zero-order chi connectivity index (χ0) is 20.8. The molecule has 0 saturated carbocycles. The van der Waals surface area contributed by atoms with Crippen LogP contribution in [0, 0.1) is 11.6 Å². The van der Waals surface area contributed by atoms with E-state index in [9.17, 15) is 13.6 Å².